The highest BCUT2D eigenvalue weighted by molar-refractivity contribution is 4.86. The smallest absolute Gasteiger partial charge is 0.0448 e. The number of hydrogen-bond donors (Lipinski definition) is 2. The lowest BCUT2D eigenvalue weighted by molar-refractivity contribution is 0.197. The Kier molecular flexibility index (Phi) is 5.62. The van der Waals surface area contributed by atoms with Crippen molar-refractivity contribution >= 4 is 0 Å². The average molecular weight is 213 g/mol. The fourth-order valence-electron chi connectivity index (χ4n) is 2.51. The van der Waals surface area contributed by atoms with Gasteiger partial charge in [0.25, 0.3) is 0 Å². The van der Waals surface area contributed by atoms with Crippen LogP contribution in [0.25, 0.3) is 0 Å². The van der Waals surface area contributed by atoms with Crippen molar-refractivity contribution < 1.29 is 5.11 Å². The zero-order valence-electron chi connectivity index (χ0n) is 10.4. The van der Waals surface area contributed by atoms with Crippen molar-refractivity contribution in [2.45, 2.75) is 76.8 Å². The van der Waals surface area contributed by atoms with Gasteiger partial charge in [-0.05, 0) is 32.6 Å². The van der Waals surface area contributed by atoms with Gasteiger partial charge >= 0.3 is 0 Å². The molecule has 0 bridgehead atoms. The van der Waals surface area contributed by atoms with Crippen molar-refractivity contribution in [1.29, 1.82) is 0 Å². The van der Waals surface area contributed by atoms with Gasteiger partial charge in [0, 0.05) is 18.2 Å². The van der Waals surface area contributed by atoms with Crippen LogP contribution in [0.15, 0.2) is 0 Å². The van der Waals surface area contributed by atoms with Gasteiger partial charge in [-0.25, -0.2) is 0 Å². The van der Waals surface area contributed by atoms with Gasteiger partial charge in [-0.3, -0.25) is 0 Å². The summed E-state index contributed by atoms with van der Waals surface area (Å²) in [5, 5.41) is 12.8. The molecular formula is C13H27NO. The van der Waals surface area contributed by atoms with Gasteiger partial charge in [0.05, 0.1) is 0 Å². The summed E-state index contributed by atoms with van der Waals surface area (Å²) in [5.74, 6) is 0. The first-order chi connectivity index (χ1) is 7.20. The molecule has 1 atom stereocenters. The summed E-state index contributed by atoms with van der Waals surface area (Å²) in [6.45, 7) is 4.75. The normalized spacial score (nSPS) is 23.4. The lowest BCUT2D eigenvalue weighted by atomic mass is 9.92. The second-order valence-corrected chi connectivity index (χ2v) is 5.22. The molecule has 1 saturated carbocycles. The predicted molar refractivity (Wildman–Crippen MR) is 65.0 cm³/mol. The van der Waals surface area contributed by atoms with E-state index in [0.717, 1.165) is 12.8 Å². The van der Waals surface area contributed by atoms with E-state index in [-0.39, 0.29) is 5.54 Å². The molecule has 0 aromatic rings. The molecule has 0 heterocycles. The van der Waals surface area contributed by atoms with Crippen LogP contribution < -0.4 is 5.32 Å². The van der Waals surface area contributed by atoms with Crippen LogP contribution in [0, 0.1) is 0 Å². The van der Waals surface area contributed by atoms with Gasteiger partial charge in [0.2, 0.25) is 0 Å². The van der Waals surface area contributed by atoms with Crippen LogP contribution in [0.1, 0.15) is 65.2 Å². The summed E-state index contributed by atoms with van der Waals surface area (Å²) >= 11 is 0. The standard InChI is InChI=1S/C13H27NO/c1-3-13(2,10-11-15)14-12-8-6-4-5-7-9-12/h12,14-15H,3-11H2,1-2H3. The molecule has 0 aliphatic heterocycles. The van der Waals surface area contributed by atoms with E-state index in [1.165, 1.54) is 38.5 Å². The van der Waals surface area contributed by atoms with Crippen molar-refractivity contribution in [2.24, 2.45) is 0 Å². The van der Waals surface area contributed by atoms with E-state index < -0.39 is 0 Å². The molecule has 1 unspecified atom stereocenters. The van der Waals surface area contributed by atoms with Gasteiger partial charge in [0.15, 0.2) is 0 Å². The Morgan fingerprint density at radius 2 is 1.80 bits per heavy atom. The van der Waals surface area contributed by atoms with Crippen molar-refractivity contribution in [1.82, 2.24) is 5.32 Å². The molecule has 1 fully saturated rings. The highest BCUT2D eigenvalue weighted by atomic mass is 16.3. The van der Waals surface area contributed by atoms with Gasteiger partial charge in [0.1, 0.15) is 0 Å². The Bertz CT molecular complexity index is 164. The minimum Gasteiger partial charge on any atom is -0.396 e. The van der Waals surface area contributed by atoms with Gasteiger partial charge < -0.3 is 10.4 Å². The molecule has 0 amide bonds. The fraction of sp³-hybridized carbons (Fsp3) is 1.00. The maximum absolute atomic E-state index is 9.08. The zero-order chi connectivity index (χ0) is 11.1. The molecule has 0 aromatic heterocycles. The molecule has 15 heavy (non-hydrogen) atoms. The molecule has 2 heteroatoms. The largest absolute Gasteiger partial charge is 0.396 e. The van der Waals surface area contributed by atoms with Crippen LogP contribution in [0.3, 0.4) is 0 Å². The summed E-state index contributed by atoms with van der Waals surface area (Å²) in [4.78, 5) is 0. The van der Waals surface area contributed by atoms with Crippen LogP contribution in [-0.2, 0) is 0 Å². The van der Waals surface area contributed by atoms with E-state index in [4.69, 9.17) is 5.11 Å². The number of rotatable bonds is 5. The quantitative estimate of drug-likeness (QED) is 0.688. The minimum atomic E-state index is 0.143. The van der Waals surface area contributed by atoms with Crippen LogP contribution in [-0.4, -0.2) is 23.3 Å². The molecule has 1 rings (SSSR count). The molecule has 0 spiro atoms. The first-order valence-electron chi connectivity index (χ1n) is 6.59. The summed E-state index contributed by atoms with van der Waals surface area (Å²) < 4.78 is 0. The Hall–Kier alpha value is -0.0800. The molecule has 0 saturated heterocycles. The lowest BCUT2D eigenvalue weighted by Gasteiger charge is -2.34. The molecule has 1 aliphatic carbocycles. The van der Waals surface area contributed by atoms with E-state index in [1.54, 1.807) is 0 Å². The van der Waals surface area contributed by atoms with E-state index >= 15 is 0 Å². The molecule has 0 radical (unpaired) electrons. The summed E-state index contributed by atoms with van der Waals surface area (Å²) in [5.41, 5.74) is 0.143. The summed E-state index contributed by atoms with van der Waals surface area (Å²) in [7, 11) is 0. The Labute approximate surface area is 94.5 Å². The number of nitrogens with one attached hydrogen (secondary N) is 1. The van der Waals surface area contributed by atoms with Crippen LogP contribution in [0.5, 0.6) is 0 Å². The second kappa shape index (κ2) is 6.49. The van der Waals surface area contributed by atoms with Gasteiger partial charge in [-0.1, -0.05) is 32.6 Å². The van der Waals surface area contributed by atoms with E-state index in [9.17, 15) is 0 Å². The average Bonchev–Trinajstić information content (AvgIpc) is 2.47. The molecule has 1 aliphatic rings. The van der Waals surface area contributed by atoms with Crippen LogP contribution >= 0.6 is 0 Å². The topological polar surface area (TPSA) is 32.3 Å². The van der Waals surface area contributed by atoms with Gasteiger partial charge in [-0.2, -0.15) is 0 Å². The van der Waals surface area contributed by atoms with Crippen molar-refractivity contribution in [3.63, 3.8) is 0 Å². The molecule has 2 N–H and O–H groups in total. The van der Waals surface area contributed by atoms with Crippen molar-refractivity contribution in [3.05, 3.63) is 0 Å². The number of hydrogen-bond acceptors (Lipinski definition) is 2. The molecule has 90 valence electrons. The highest BCUT2D eigenvalue weighted by Crippen LogP contribution is 2.22. The Morgan fingerprint density at radius 3 is 2.27 bits per heavy atom. The third-order valence-electron chi connectivity index (χ3n) is 3.85. The van der Waals surface area contributed by atoms with E-state index in [2.05, 4.69) is 19.2 Å². The third kappa shape index (κ3) is 4.52. The van der Waals surface area contributed by atoms with E-state index in [1.807, 2.05) is 0 Å². The Balaban J connectivity index is 2.41. The van der Waals surface area contributed by atoms with Gasteiger partial charge in [-0.15, -0.1) is 0 Å². The van der Waals surface area contributed by atoms with Crippen LogP contribution in [0.2, 0.25) is 0 Å². The second-order valence-electron chi connectivity index (χ2n) is 5.22. The maximum Gasteiger partial charge on any atom is 0.0448 e. The Morgan fingerprint density at radius 1 is 1.20 bits per heavy atom. The minimum absolute atomic E-state index is 0.143. The van der Waals surface area contributed by atoms with Crippen LogP contribution in [0.4, 0.5) is 0 Å². The van der Waals surface area contributed by atoms with Crippen molar-refractivity contribution in [2.75, 3.05) is 6.61 Å². The van der Waals surface area contributed by atoms with E-state index in [0.29, 0.717) is 12.6 Å². The lowest BCUT2D eigenvalue weighted by Crippen LogP contribution is -2.48. The number of aliphatic hydroxyl groups excluding tert-OH is 1. The number of aliphatic hydroxyl groups is 1. The predicted octanol–water partition coefficient (Wildman–Crippen LogP) is 2.85. The first kappa shape index (κ1) is 13.0. The third-order valence-corrected chi connectivity index (χ3v) is 3.85. The maximum atomic E-state index is 9.08. The monoisotopic (exact) mass is 213 g/mol. The molecule has 2 nitrogen and oxygen atoms in total. The fourth-order valence-corrected chi connectivity index (χ4v) is 2.51. The molecule has 0 aromatic carbocycles. The summed E-state index contributed by atoms with van der Waals surface area (Å²) in [6, 6.07) is 0.684. The molecular weight excluding hydrogens is 186 g/mol. The zero-order valence-corrected chi connectivity index (χ0v) is 10.4. The van der Waals surface area contributed by atoms with Crippen molar-refractivity contribution in [3.8, 4) is 0 Å². The SMILES string of the molecule is CCC(C)(CCO)NC1CCCCCC1. The highest BCUT2D eigenvalue weighted by Gasteiger charge is 2.25. The first-order valence-corrected chi connectivity index (χ1v) is 6.59. The summed E-state index contributed by atoms with van der Waals surface area (Å²) in [6.07, 6.45) is 10.2.